The molecule has 1 atom stereocenters. The van der Waals surface area contributed by atoms with Gasteiger partial charge in [0.1, 0.15) is 0 Å². The van der Waals surface area contributed by atoms with Gasteiger partial charge in [0.2, 0.25) is 0 Å². The van der Waals surface area contributed by atoms with E-state index in [9.17, 15) is 9.90 Å². The Hall–Kier alpha value is -1.47. The summed E-state index contributed by atoms with van der Waals surface area (Å²) >= 11 is 5.93. The lowest BCUT2D eigenvalue weighted by atomic mass is 10.2. The molecule has 22 heavy (non-hydrogen) atoms. The minimum Gasteiger partial charge on any atom is -0.390 e. The molecular formula is C15H18ClN3O3. The van der Waals surface area contributed by atoms with Gasteiger partial charge in [0.15, 0.2) is 0 Å². The summed E-state index contributed by atoms with van der Waals surface area (Å²) < 4.78 is 6.71. The third kappa shape index (κ3) is 3.47. The smallest absolute Gasteiger partial charge is 0.261 e. The predicted octanol–water partition coefficient (Wildman–Crippen LogP) is 0.743. The number of β-amino-alcohol motifs (C(OH)–C–C–N with tert-alkyl or cyclic N) is 1. The number of hydrogen-bond acceptors (Lipinski definition) is 5. The molecule has 7 heteroatoms. The first-order valence-corrected chi connectivity index (χ1v) is 7.64. The van der Waals surface area contributed by atoms with Crippen LogP contribution >= 0.6 is 11.6 Å². The lowest BCUT2D eigenvalue weighted by Gasteiger charge is -2.28. The second kappa shape index (κ2) is 6.75. The molecule has 0 amide bonds. The molecule has 3 rings (SSSR count). The summed E-state index contributed by atoms with van der Waals surface area (Å²) in [6, 6.07) is 5.03. The summed E-state index contributed by atoms with van der Waals surface area (Å²) in [4.78, 5) is 18.8. The molecule has 6 nitrogen and oxygen atoms in total. The molecular weight excluding hydrogens is 306 g/mol. The summed E-state index contributed by atoms with van der Waals surface area (Å²) in [6.45, 7) is 3.70. The fourth-order valence-electron chi connectivity index (χ4n) is 2.63. The van der Waals surface area contributed by atoms with Crippen LogP contribution in [0.1, 0.15) is 0 Å². The number of morpholine rings is 1. The van der Waals surface area contributed by atoms with E-state index in [4.69, 9.17) is 16.3 Å². The zero-order valence-electron chi connectivity index (χ0n) is 12.1. The van der Waals surface area contributed by atoms with E-state index in [1.807, 2.05) is 0 Å². The van der Waals surface area contributed by atoms with E-state index < -0.39 is 6.10 Å². The van der Waals surface area contributed by atoms with Crippen LogP contribution in [0.3, 0.4) is 0 Å². The minimum absolute atomic E-state index is 0.187. The average Bonchev–Trinajstić information content (AvgIpc) is 2.51. The van der Waals surface area contributed by atoms with Crippen LogP contribution in [-0.4, -0.2) is 58.5 Å². The molecule has 2 heterocycles. The van der Waals surface area contributed by atoms with Gasteiger partial charge in [-0.1, -0.05) is 11.6 Å². The normalized spacial score (nSPS) is 17.7. The van der Waals surface area contributed by atoms with Crippen molar-refractivity contribution in [3.8, 4) is 0 Å². The zero-order valence-corrected chi connectivity index (χ0v) is 12.9. The number of aliphatic hydroxyl groups excluding tert-OH is 1. The Morgan fingerprint density at radius 1 is 1.32 bits per heavy atom. The molecule has 0 aliphatic carbocycles. The van der Waals surface area contributed by atoms with Crippen LogP contribution in [0.2, 0.25) is 5.02 Å². The van der Waals surface area contributed by atoms with Crippen molar-refractivity contribution < 1.29 is 9.84 Å². The number of aliphatic hydroxyl groups is 1. The summed E-state index contributed by atoms with van der Waals surface area (Å²) in [6.07, 6.45) is 0.843. The fourth-order valence-corrected chi connectivity index (χ4v) is 2.80. The Kier molecular flexibility index (Phi) is 4.73. The molecule has 1 saturated heterocycles. The molecule has 0 spiro atoms. The number of fused-ring (bicyclic) bond motifs is 1. The van der Waals surface area contributed by atoms with Gasteiger partial charge in [0.05, 0.1) is 43.1 Å². The zero-order chi connectivity index (χ0) is 15.5. The number of halogens is 1. The van der Waals surface area contributed by atoms with Crippen LogP contribution in [-0.2, 0) is 11.3 Å². The molecule has 1 N–H and O–H groups in total. The molecule has 0 radical (unpaired) electrons. The fraction of sp³-hybridized carbons (Fsp3) is 0.467. The Morgan fingerprint density at radius 3 is 2.86 bits per heavy atom. The summed E-state index contributed by atoms with van der Waals surface area (Å²) in [5.41, 5.74) is 0.418. The molecule has 1 fully saturated rings. The molecule has 2 aromatic rings. The van der Waals surface area contributed by atoms with Crippen LogP contribution in [0, 0.1) is 0 Å². The highest BCUT2D eigenvalue weighted by atomic mass is 35.5. The van der Waals surface area contributed by atoms with Gasteiger partial charge in [-0.25, -0.2) is 4.98 Å². The first-order chi connectivity index (χ1) is 10.6. The third-order valence-corrected chi connectivity index (χ3v) is 4.00. The average molecular weight is 324 g/mol. The van der Waals surface area contributed by atoms with Crippen molar-refractivity contribution in [3.05, 3.63) is 39.9 Å². The number of ether oxygens (including phenoxy) is 1. The highest BCUT2D eigenvalue weighted by molar-refractivity contribution is 6.31. The highest BCUT2D eigenvalue weighted by Gasteiger charge is 2.16. The van der Waals surface area contributed by atoms with Gasteiger partial charge in [-0.05, 0) is 18.2 Å². The first-order valence-electron chi connectivity index (χ1n) is 7.26. The summed E-state index contributed by atoms with van der Waals surface area (Å²) in [7, 11) is 0. The number of hydrogen-bond donors (Lipinski definition) is 1. The molecule has 118 valence electrons. The number of nitrogens with zero attached hydrogens (tertiary/aromatic N) is 3. The second-order valence-corrected chi connectivity index (χ2v) is 5.87. The SMILES string of the molecule is O=c1c2cc(Cl)ccc2ncn1C[C@H](O)CN1CCOCC1. The van der Waals surface area contributed by atoms with Crippen molar-refractivity contribution in [2.24, 2.45) is 0 Å². The van der Waals surface area contributed by atoms with Gasteiger partial charge in [-0.3, -0.25) is 14.3 Å². The van der Waals surface area contributed by atoms with Crippen molar-refractivity contribution in [2.75, 3.05) is 32.8 Å². The Labute approximate surface area is 132 Å². The van der Waals surface area contributed by atoms with Gasteiger partial charge in [0, 0.05) is 24.7 Å². The van der Waals surface area contributed by atoms with Crippen LogP contribution in [0.4, 0.5) is 0 Å². The van der Waals surface area contributed by atoms with E-state index in [1.165, 1.54) is 10.9 Å². The molecule has 0 saturated carbocycles. The van der Waals surface area contributed by atoms with Crippen LogP contribution < -0.4 is 5.56 Å². The van der Waals surface area contributed by atoms with Crippen LogP contribution in [0.5, 0.6) is 0 Å². The van der Waals surface area contributed by atoms with Gasteiger partial charge in [-0.15, -0.1) is 0 Å². The molecule has 0 unspecified atom stereocenters. The van der Waals surface area contributed by atoms with Crippen molar-refractivity contribution in [3.63, 3.8) is 0 Å². The lowest BCUT2D eigenvalue weighted by molar-refractivity contribution is 0.0113. The minimum atomic E-state index is -0.630. The van der Waals surface area contributed by atoms with Gasteiger partial charge < -0.3 is 9.84 Å². The second-order valence-electron chi connectivity index (χ2n) is 5.43. The van der Waals surface area contributed by atoms with E-state index in [1.54, 1.807) is 18.2 Å². The number of aromatic nitrogens is 2. The molecule has 0 bridgehead atoms. The first kappa shape index (κ1) is 15.4. The molecule has 1 aromatic carbocycles. The van der Waals surface area contributed by atoms with Crippen molar-refractivity contribution in [1.29, 1.82) is 0 Å². The van der Waals surface area contributed by atoms with E-state index >= 15 is 0 Å². The van der Waals surface area contributed by atoms with Crippen LogP contribution in [0.25, 0.3) is 10.9 Å². The van der Waals surface area contributed by atoms with Crippen molar-refractivity contribution >= 4 is 22.5 Å². The molecule has 1 aliphatic rings. The van der Waals surface area contributed by atoms with E-state index in [2.05, 4.69) is 9.88 Å². The largest absolute Gasteiger partial charge is 0.390 e. The quantitative estimate of drug-likeness (QED) is 0.899. The molecule has 1 aromatic heterocycles. The Balaban J connectivity index is 1.75. The lowest BCUT2D eigenvalue weighted by Crippen LogP contribution is -2.42. The monoisotopic (exact) mass is 323 g/mol. The van der Waals surface area contributed by atoms with E-state index in [-0.39, 0.29) is 12.1 Å². The van der Waals surface area contributed by atoms with Crippen molar-refractivity contribution in [2.45, 2.75) is 12.6 Å². The van der Waals surface area contributed by atoms with Crippen molar-refractivity contribution in [1.82, 2.24) is 14.5 Å². The predicted molar refractivity (Wildman–Crippen MR) is 84.3 cm³/mol. The maximum absolute atomic E-state index is 12.4. The Morgan fingerprint density at radius 2 is 2.09 bits per heavy atom. The van der Waals surface area contributed by atoms with E-state index in [0.29, 0.717) is 35.7 Å². The van der Waals surface area contributed by atoms with Gasteiger partial charge in [-0.2, -0.15) is 0 Å². The summed E-state index contributed by atoms with van der Waals surface area (Å²) in [5.74, 6) is 0. The standard InChI is InChI=1S/C15H18ClN3O3/c16-11-1-2-14-13(7-11)15(21)19(10-17-14)9-12(20)8-18-3-5-22-6-4-18/h1-2,7,10,12,20H,3-6,8-9H2/t12-/m1/s1. The Bertz CT molecular complexity index is 713. The van der Waals surface area contributed by atoms with Gasteiger partial charge >= 0.3 is 0 Å². The number of benzene rings is 1. The maximum atomic E-state index is 12.4. The van der Waals surface area contributed by atoms with E-state index in [0.717, 1.165) is 13.1 Å². The third-order valence-electron chi connectivity index (χ3n) is 3.77. The van der Waals surface area contributed by atoms with Crippen LogP contribution in [0.15, 0.2) is 29.3 Å². The number of rotatable bonds is 4. The molecule has 1 aliphatic heterocycles. The summed E-state index contributed by atoms with van der Waals surface area (Å²) in [5, 5.41) is 11.2. The topological polar surface area (TPSA) is 67.6 Å². The van der Waals surface area contributed by atoms with Gasteiger partial charge in [0.25, 0.3) is 5.56 Å². The maximum Gasteiger partial charge on any atom is 0.261 e. The highest BCUT2D eigenvalue weighted by Crippen LogP contribution is 2.14.